The van der Waals surface area contributed by atoms with E-state index in [0.717, 1.165) is 0 Å². The first kappa shape index (κ1) is 13.2. The van der Waals surface area contributed by atoms with Gasteiger partial charge in [0.25, 0.3) is 0 Å². The van der Waals surface area contributed by atoms with Crippen LogP contribution >= 0.6 is 0 Å². The predicted molar refractivity (Wildman–Crippen MR) is 67.6 cm³/mol. The number of hydrogen-bond acceptors (Lipinski definition) is 2. The molecule has 0 saturated carbocycles. The number of carbonyl (C=O) groups is 2. The SMILES string of the molecule is CCC(=O)N/C=C(/CC)C(=O)c1ccccc1. The van der Waals surface area contributed by atoms with Crippen LogP contribution in [0.25, 0.3) is 0 Å². The summed E-state index contributed by atoms with van der Waals surface area (Å²) in [5.74, 6) is -0.124. The summed E-state index contributed by atoms with van der Waals surface area (Å²) in [4.78, 5) is 23.2. The molecule has 1 rings (SSSR count). The highest BCUT2D eigenvalue weighted by molar-refractivity contribution is 6.08. The highest BCUT2D eigenvalue weighted by Gasteiger charge is 2.10. The molecule has 0 unspecified atom stereocenters. The van der Waals surface area contributed by atoms with Gasteiger partial charge in [-0.3, -0.25) is 9.59 Å². The molecule has 0 aromatic heterocycles. The van der Waals surface area contributed by atoms with Gasteiger partial charge in [0.2, 0.25) is 5.91 Å². The summed E-state index contributed by atoms with van der Waals surface area (Å²) >= 11 is 0. The van der Waals surface area contributed by atoms with E-state index >= 15 is 0 Å². The summed E-state index contributed by atoms with van der Waals surface area (Å²) in [5, 5.41) is 2.61. The van der Waals surface area contributed by atoms with Crippen LogP contribution in [0.5, 0.6) is 0 Å². The standard InChI is InChI=1S/C14H17NO2/c1-3-11(10-15-13(16)4-2)14(17)12-8-6-5-7-9-12/h5-10H,3-4H2,1-2H3,(H,15,16)/b11-10-. The van der Waals surface area contributed by atoms with Crippen LogP contribution in [0.4, 0.5) is 0 Å². The lowest BCUT2D eigenvalue weighted by molar-refractivity contribution is -0.119. The molecule has 3 nitrogen and oxygen atoms in total. The average Bonchev–Trinajstić information content (AvgIpc) is 2.39. The molecular formula is C14H17NO2. The number of hydrogen-bond donors (Lipinski definition) is 1. The molecule has 1 aromatic rings. The fourth-order valence-electron chi connectivity index (χ4n) is 1.37. The number of allylic oxidation sites excluding steroid dienone is 1. The third-order valence-corrected chi connectivity index (χ3v) is 2.44. The smallest absolute Gasteiger partial charge is 0.223 e. The van der Waals surface area contributed by atoms with E-state index in [1.807, 2.05) is 25.1 Å². The molecule has 0 aliphatic heterocycles. The van der Waals surface area contributed by atoms with Crippen molar-refractivity contribution in [2.24, 2.45) is 0 Å². The van der Waals surface area contributed by atoms with Crippen LogP contribution in [0.15, 0.2) is 42.1 Å². The van der Waals surface area contributed by atoms with Crippen LogP contribution in [-0.2, 0) is 4.79 Å². The summed E-state index contributed by atoms with van der Waals surface area (Å²) in [6.07, 6.45) is 2.52. The zero-order valence-electron chi connectivity index (χ0n) is 10.2. The van der Waals surface area contributed by atoms with E-state index in [4.69, 9.17) is 0 Å². The quantitative estimate of drug-likeness (QED) is 0.625. The lowest BCUT2D eigenvalue weighted by atomic mass is 10.0. The summed E-state index contributed by atoms with van der Waals surface area (Å²) in [5.41, 5.74) is 1.25. The Balaban J connectivity index is 2.81. The van der Waals surface area contributed by atoms with Gasteiger partial charge < -0.3 is 5.32 Å². The van der Waals surface area contributed by atoms with Crippen LogP contribution in [0.3, 0.4) is 0 Å². The zero-order chi connectivity index (χ0) is 12.7. The van der Waals surface area contributed by atoms with E-state index in [9.17, 15) is 9.59 Å². The van der Waals surface area contributed by atoms with Crippen molar-refractivity contribution in [3.63, 3.8) is 0 Å². The number of carbonyl (C=O) groups excluding carboxylic acids is 2. The van der Waals surface area contributed by atoms with Gasteiger partial charge in [0.1, 0.15) is 0 Å². The Hall–Kier alpha value is -1.90. The second kappa shape index (κ2) is 6.63. The lowest BCUT2D eigenvalue weighted by Gasteiger charge is -2.04. The van der Waals surface area contributed by atoms with Gasteiger partial charge in [-0.15, -0.1) is 0 Å². The van der Waals surface area contributed by atoms with E-state index in [1.54, 1.807) is 19.1 Å². The fraction of sp³-hybridized carbons (Fsp3) is 0.286. The monoisotopic (exact) mass is 231 g/mol. The minimum absolute atomic E-state index is 0.0375. The van der Waals surface area contributed by atoms with Gasteiger partial charge in [0, 0.05) is 23.8 Å². The van der Waals surface area contributed by atoms with Gasteiger partial charge in [-0.05, 0) is 6.42 Å². The molecule has 90 valence electrons. The van der Waals surface area contributed by atoms with Crippen LogP contribution in [-0.4, -0.2) is 11.7 Å². The highest BCUT2D eigenvalue weighted by Crippen LogP contribution is 2.10. The van der Waals surface area contributed by atoms with E-state index in [2.05, 4.69) is 5.32 Å². The minimum atomic E-state index is -0.0863. The number of nitrogens with one attached hydrogen (secondary N) is 1. The first-order valence-electron chi connectivity index (χ1n) is 5.77. The maximum atomic E-state index is 12.1. The Labute approximate surface area is 102 Å². The van der Waals surface area contributed by atoms with E-state index < -0.39 is 0 Å². The molecule has 0 bridgehead atoms. The maximum absolute atomic E-state index is 12.1. The fourth-order valence-corrected chi connectivity index (χ4v) is 1.37. The number of amides is 1. The Kier molecular flexibility index (Phi) is 5.14. The molecular weight excluding hydrogens is 214 g/mol. The van der Waals surface area contributed by atoms with E-state index in [0.29, 0.717) is 24.0 Å². The first-order chi connectivity index (χ1) is 8.19. The second-order valence-electron chi connectivity index (χ2n) is 3.64. The van der Waals surface area contributed by atoms with Crippen molar-refractivity contribution >= 4 is 11.7 Å². The van der Waals surface area contributed by atoms with E-state index in [-0.39, 0.29) is 11.7 Å². The van der Waals surface area contributed by atoms with Crippen molar-refractivity contribution < 1.29 is 9.59 Å². The maximum Gasteiger partial charge on any atom is 0.223 e. The van der Waals surface area contributed by atoms with Crippen LogP contribution in [0, 0.1) is 0 Å². The summed E-state index contributed by atoms with van der Waals surface area (Å²) in [6, 6.07) is 9.06. The molecule has 0 spiro atoms. The van der Waals surface area contributed by atoms with E-state index in [1.165, 1.54) is 6.20 Å². The van der Waals surface area contributed by atoms with Crippen molar-refractivity contribution in [1.29, 1.82) is 0 Å². The second-order valence-corrected chi connectivity index (χ2v) is 3.64. The lowest BCUT2D eigenvalue weighted by Crippen LogP contribution is -2.17. The molecule has 0 radical (unpaired) electrons. The van der Waals surface area contributed by atoms with Crippen LogP contribution in [0.1, 0.15) is 37.0 Å². The van der Waals surface area contributed by atoms with Gasteiger partial charge >= 0.3 is 0 Å². The third-order valence-electron chi connectivity index (χ3n) is 2.44. The molecule has 0 fully saturated rings. The Bertz CT molecular complexity index is 421. The van der Waals surface area contributed by atoms with Gasteiger partial charge in [-0.2, -0.15) is 0 Å². The molecule has 0 heterocycles. The summed E-state index contributed by atoms with van der Waals surface area (Å²) in [7, 11) is 0. The third kappa shape index (κ3) is 3.87. The molecule has 0 atom stereocenters. The van der Waals surface area contributed by atoms with Crippen LogP contribution in [0.2, 0.25) is 0 Å². The number of ketones is 1. The van der Waals surface area contributed by atoms with Gasteiger partial charge in [0.15, 0.2) is 5.78 Å². The van der Waals surface area contributed by atoms with Gasteiger partial charge in [-0.1, -0.05) is 44.2 Å². The predicted octanol–water partition coefficient (Wildman–Crippen LogP) is 2.69. The molecule has 1 amide bonds. The molecule has 17 heavy (non-hydrogen) atoms. The largest absolute Gasteiger partial charge is 0.332 e. The van der Waals surface area contributed by atoms with Crippen molar-refractivity contribution in [1.82, 2.24) is 5.32 Å². The first-order valence-corrected chi connectivity index (χ1v) is 5.77. The molecule has 0 saturated heterocycles. The number of rotatable bonds is 5. The Morgan fingerprint density at radius 2 is 1.76 bits per heavy atom. The van der Waals surface area contributed by atoms with Gasteiger partial charge in [0.05, 0.1) is 0 Å². The van der Waals surface area contributed by atoms with Crippen molar-refractivity contribution in [2.75, 3.05) is 0 Å². The molecule has 0 aliphatic rings. The molecule has 0 aliphatic carbocycles. The zero-order valence-corrected chi connectivity index (χ0v) is 10.2. The van der Waals surface area contributed by atoms with Crippen molar-refractivity contribution in [2.45, 2.75) is 26.7 Å². The topological polar surface area (TPSA) is 46.2 Å². The average molecular weight is 231 g/mol. The minimum Gasteiger partial charge on any atom is -0.332 e. The molecule has 1 N–H and O–H groups in total. The summed E-state index contributed by atoms with van der Waals surface area (Å²) in [6.45, 7) is 3.67. The van der Waals surface area contributed by atoms with Crippen molar-refractivity contribution in [3.05, 3.63) is 47.7 Å². The molecule has 1 aromatic carbocycles. The summed E-state index contributed by atoms with van der Waals surface area (Å²) < 4.78 is 0. The van der Waals surface area contributed by atoms with Gasteiger partial charge in [-0.25, -0.2) is 0 Å². The highest BCUT2D eigenvalue weighted by atomic mass is 16.1. The Morgan fingerprint density at radius 1 is 1.12 bits per heavy atom. The number of Topliss-reactive ketones (excluding diaryl/α,β-unsaturated/α-hetero) is 1. The molecule has 3 heteroatoms. The number of benzene rings is 1. The normalized spacial score (nSPS) is 11.1. The van der Waals surface area contributed by atoms with Crippen LogP contribution < -0.4 is 5.32 Å². The Morgan fingerprint density at radius 3 is 2.29 bits per heavy atom. The van der Waals surface area contributed by atoms with Crippen molar-refractivity contribution in [3.8, 4) is 0 Å².